The molecule has 0 radical (unpaired) electrons. The number of benzene rings is 2. The van der Waals surface area contributed by atoms with Gasteiger partial charge >= 0.3 is 0 Å². The summed E-state index contributed by atoms with van der Waals surface area (Å²) in [7, 11) is 2.96. The van der Waals surface area contributed by atoms with Crippen LogP contribution in [0.15, 0.2) is 42.5 Å². The first-order chi connectivity index (χ1) is 10.1. The predicted octanol–water partition coefficient (Wildman–Crippen LogP) is 4.49. The minimum atomic E-state index is 0.375. The fourth-order valence-corrected chi connectivity index (χ4v) is 3.07. The topological polar surface area (TPSA) is 44.8 Å². The second kappa shape index (κ2) is 9.82. The molecule has 0 N–H and O–H groups in total. The zero-order valence-electron chi connectivity index (χ0n) is 11.5. The number of hydrogen-bond donors (Lipinski definition) is 0. The maximum Gasteiger partial charge on any atom is 0.292 e. The van der Waals surface area contributed by atoms with Gasteiger partial charge < -0.3 is 14.2 Å². The van der Waals surface area contributed by atoms with E-state index < -0.39 is 0 Å². The third-order valence-corrected chi connectivity index (χ3v) is 3.99. The molecule has 0 saturated carbocycles. The van der Waals surface area contributed by atoms with Gasteiger partial charge in [-0.3, -0.25) is 4.79 Å². The normalized spacial score (nSPS) is 9.14. The molecule has 0 aliphatic heterocycles. The average Bonchev–Trinajstić information content (AvgIpc) is 2.52. The molecule has 0 amide bonds. The van der Waals surface area contributed by atoms with Crippen LogP contribution in [0.2, 0.25) is 0 Å². The minimum absolute atomic E-state index is 0.375. The van der Waals surface area contributed by atoms with E-state index in [4.69, 9.17) is 14.3 Å². The average molecular weight is 512 g/mol. The molecular weight excluding hydrogens is 498 g/mol. The number of halogens is 2. The van der Waals surface area contributed by atoms with Gasteiger partial charge in [-0.05, 0) is 81.6 Å². The van der Waals surface area contributed by atoms with Crippen molar-refractivity contribution in [3.63, 3.8) is 0 Å². The Bertz CT molecular complexity index is 550. The van der Waals surface area contributed by atoms with Crippen molar-refractivity contribution >= 4 is 51.7 Å². The van der Waals surface area contributed by atoms with E-state index in [1.165, 1.54) is 7.11 Å². The van der Waals surface area contributed by atoms with Gasteiger partial charge in [0, 0.05) is 0 Å². The van der Waals surface area contributed by atoms with Crippen LogP contribution < -0.4 is 9.47 Å². The van der Waals surface area contributed by atoms with Crippen LogP contribution >= 0.6 is 45.2 Å². The molecule has 0 heterocycles. The Hall–Kier alpha value is -1.03. The number of hydrogen-bond acceptors (Lipinski definition) is 4. The van der Waals surface area contributed by atoms with E-state index in [9.17, 15) is 0 Å². The first-order valence-electron chi connectivity index (χ1n) is 5.84. The summed E-state index contributed by atoms with van der Waals surface area (Å²) in [5, 5.41) is 0. The van der Waals surface area contributed by atoms with Gasteiger partial charge in [0.15, 0.2) is 5.75 Å². The first-order valence-corrected chi connectivity index (χ1v) is 8.00. The second-order valence-electron chi connectivity index (χ2n) is 3.66. The molecule has 0 atom stereocenters. The van der Waals surface area contributed by atoms with Gasteiger partial charge in [-0.1, -0.05) is 6.07 Å². The van der Waals surface area contributed by atoms with Gasteiger partial charge in [0.2, 0.25) is 0 Å². The molecular formula is C15H14I2O4. The highest BCUT2D eigenvalue weighted by Gasteiger charge is 2.06. The molecule has 2 aromatic rings. The highest BCUT2D eigenvalue weighted by atomic mass is 127. The lowest BCUT2D eigenvalue weighted by atomic mass is 10.3. The number of methoxy groups -OCH3 is 2. The lowest BCUT2D eigenvalue weighted by Crippen LogP contribution is -1.90. The van der Waals surface area contributed by atoms with Crippen molar-refractivity contribution in [3.05, 3.63) is 49.6 Å². The monoisotopic (exact) mass is 512 g/mol. The van der Waals surface area contributed by atoms with E-state index in [0.717, 1.165) is 24.4 Å². The Balaban J connectivity index is 0.000000491. The third-order valence-electron chi connectivity index (χ3n) is 2.29. The van der Waals surface area contributed by atoms with Crippen LogP contribution in [0.1, 0.15) is 0 Å². The highest BCUT2D eigenvalue weighted by Crippen LogP contribution is 2.32. The van der Waals surface area contributed by atoms with Crippen LogP contribution in [-0.4, -0.2) is 20.7 Å². The zero-order chi connectivity index (χ0) is 15.7. The predicted molar refractivity (Wildman–Crippen MR) is 98.0 cm³/mol. The lowest BCUT2D eigenvalue weighted by Gasteiger charge is -2.10. The van der Waals surface area contributed by atoms with Crippen LogP contribution in [-0.2, 0) is 9.53 Å². The molecule has 2 rings (SSSR count). The molecule has 0 aromatic heterocycles. The fraction of sp³-hybridized carbons (Fsp3) is 0.133. The quantitative estimate of drug-likeness (QED) is 0.448. The SMILES string of the molecule is COC=O.COc1ccc(Oc2c(I)cccc2I)cc1. The number of ether oxygens (including phenoxy) is 3. The molecule has 6 heteroatoms. The first kappa shape index (κ1) is 18.0. The number of rotatable bonds is 4. The molecule has 0 aliphatic rings. The summed E-state index contributed by atoms with van der Waals surface area (Å²) in [5.74, 6) is 2.54. The summed E-state index contributed by atoms with van der Waals surface area (Å²) >= 11 is 4.54. The maximum atomic E-state index is 8.95. The molecule has 21 heavy (non-hydrogen) atoms. The molecule has 0 unspecified atom stereocenters. The van der Waals surface area contributed by atoms with Crippen LogP contribution in [0.3, 0.4) is 0 Å². The summed E-state index contributed by atoms with van der Waals surface area (Å²) in [6.07, 6.45) is 0. The largest absolute Gasteiger partial charge is 0.497 e. The van der Waals surface area contributed by atoms with Crippen molar-refractivity contribution in [1.82, 2.24) is 0 Å². The van der Waals surface area contributed by atoms with Crippen LogP contribution in [0.25, 0.3) is 0 Å². The van der Waals surface area contributed by atoms with Gasteiger partial charge in [0.25, 0.3) is 6.47 Å². The minimum Gasteiger partial charge on any atom is -0.497 e. The molecule has 0 saturated heterocycles. The van der Waals surface area contributed by atoms with Gasteiger partial charge in [-0.15, -0.1) is 0 Å². The second-order valence-corrected chi connectivity index (χ2v) is 5.98. The Labute approximate surface area is 151 Å². The van der Waals surface area contributed by atoms with Gasteiger partial charge in [-0.2, -0.15) is 0 Å². The number of para-hydroxylation sites is 1. The van der Waals surface area contributed by atoms with E-state index in [-0.39, 0.29) is 0 Å². The van der Waals surface area contributed by atoms with Gasteiger partial charge in [0.05, 0.1) is 21.4 Å². The van der Waals surface area contributed by atoms with Crippen molar-refractivity contribution in [3.8, 4) is 17.2 Å². The molecule has 0 aliphatic carbocycles. The van der Waals surface area contributed by atoms with E-state index in [0.29, 0.717) is 6.47 Å². The molecule has 2 aromatic carbocycles. The molecule has 4 nitrogen and oxygen atoms in total. The summed E-state index contributed by atoms with van der Waals surface area (Å²) in [6, 6.07) is 13.7. The van der Waals surface area contributed by atoms with E-state index in [1.807, 2.05) is 42.5 Å². The van der Waals surface area contributed by atoms with Crippen LogP contribution in [0.5, 0.6) is 17.2 Å². The van der Waals surface area contributed by atoms with Crippen molar-refractivity contribution in [2.45, 2.75) is 0 Å². The smallest absolute Gasteiger partial charge is 0.292 e. The number of carbonyl (C=O) groups is 1. The molecule has 0 spiro atoms. The number of carbonyl (C=O) groups excluding carboxylic acids is 1. The van der Waals surface area contributed by atoms with Crippen LogP contribution in [0, 0.1) is 7.14 Å². The van der Waals surface area contributed by atoms with E-state index >= 15 is 0 Å². The van der Waals surface area contributed by atoms with Gasteiger partial charge in [0.1, 0.15) is 11.5 Å². The zero-order valence-corrected chi connectivity index (χ0v) is 15.8. The Kier molecular flexibility index (Phi) is 8.43. The van der Waals surface area contributed by atoms with Crippen molar-refractivity contribution in [2.75, 3.05) is 14.2 Å². The lowest BCUT2D eigenvalue weighted by molar-refractivity contribution is -0.126. The Morgan fingerprint density at radius 3 is 1.81 bits per heavy atom. The van der Waals surface area contributed by atoms with Gasteiger partial charge in [-0.25, -0.2) is 0 Å². The third kappa shape index (κ3) is 6.08. The Morgan fingerprint density at radius 1 is 0.905 bits per heavy atom. The Morgan fingerprint density at radius 2 is 1.38 bits per heavy atom. The fourth-order valence-electron chi connectivity index (χ4n) is 1.34. The summed E-state index contributed by atoms with van der Waals surface area (Å²) in [4.78, 5) is 8.95. The molecule has 112 valence electrons. The van der Waals surface area contributed by atoms with Crippen molar-refractivity contribution in [2.24, 2.45) is 0 Å². The highest BCUT2D eigenvalue weighted by molar-refractivity contribution is 14.1. The summed E-state index contributed by atoms with van der Waals surface area (Å²) < 4.78 is 17.0. The molecule has 0 fully saturated rings. The molecule has 0 bridgehead atoms. The maximum absolute atomic E-state index is 8.95. The van der Waals surface area contributed by atoms with E-state index in [2.05, 4.69) is 49.9 Å². The van der Waals surface area contributed by atoms with Crippen LogP contribution in [0.4, 0.5) is 0 Å². The summed E-state index contributed by atoms with van der Waals surface area (Å²) in [6.45, 7) is 0.375. The van der Waals surface area contributed by atoms with E-state index in [1.54, 1.807) is 7.11 Å². The van der Waals surface area contributed by atoms with Crippen molar-refractivity contribution < 1.29 is 19.0 Å². The summed E-state index contributed by atoms with van der Waals surface area (Å²) in [5.41, 5.74) is 0. The standard InChI is InChI=1S/C13H10I2O2.C2H4O2/c1-16-9-5-7-10(8-6-9)17-13-11(14)3-2-4-12(13)15;1-4-2-3/h2-8H,1H3;2H,1H3. The van der Waals surface area contributed by atoms with Crippen molar-refractivity contribution in [1.29, 1.82) is 0 Å².